The van der Waals surface area contributed by atoms with E-state index in [1.165, 1.54) is 35.8 Å². The van der Waals surface area contributed by atoms with Crippen LogP contribution in [0.25, 0.3) is 22.5 Å². The molecule has 2 aliphatic rings. The van der Waals surface area contributed by atoms with Gasteiger partial charge in [0, 0.05) is 42.5 Å². The Bertz CT molecular complexity index is 1160. The number of rotatable bonds is 4. The summed E-state index contributed by atoms with van der Waals surface area (Å²) in [6.07, 6.45) is 9.95. The number of pyridine rings is 1. The highest BCUT2D eigenvalue weighted by Crippen LogP contribution is 2.41. The van der Waals surface area contributed by atoms with Crippen LogP contribution in [0.3, 0.4) is 0 Å². The molecule has 5 rings (SSSR count). The van der Waals surface area contributed by atoms with Crippen molar-refractivity contribution >= 4 is 10.0 Å². The van der Waals surface area contributed by atoms with Crippen LogP contribution in [0.2, 0.25) is 0 Å². The molecule has 30 heavy (non-hydrogen) atoms. The number of aryl methyl sites for hydroxylation is 2. The predicted molar refractivity (Wildman–Crippen MR) is 118 cm³/mol. The number of benzene rings is 1. The molecule has 0 spiro atoms. The summed E-state index contributed by atoms with van der Waals surface area (Å²) < 4.78 is 31.7. The van der Waals surface area contributed by atoms with Gasteiger partial charge >= 0.3 is 0 Å². The molecule has 1 fully saturated rings. The maximum Gasteiger partial charge on any atom is 0.211 e. The highest BCUT2D eigenvalue weighted by molar-refractivity contribution is 7.88. The Morgan fingerprint density at radius 3 is 2.43 bits per heavy atom. The van der Waals surface area contributed by atoms with E-state index in [1.54, 1.807) is 16.7 Å². The predicted octanol–water partition coefficient (Wildman–Crippen LogP) is 4.64. The van der Waals surface area contributed by atoms with Crippen molar-refractivity contribution in [1.82, 2.24) is 9.29 Å². The lowest BCUT2D eigenvalue weighted by molar-refractivity contribution is 0.298. The molecule has 0 amide bonds. The summed E-state index contributed by atoms with van der Waals surface area (Å²) in [6, 6.07) is 12.9. The number of piperidine rings is 1. The first-order valence-electron chi connectivity index (χ1n) is 10.6. The van der Waals surface area contributed by atoms with E-state index in [1.807, 2.05) is 12.1 Å². The van der Waals surface area contributed by atoms with Gasteiger partial charge in [0.05, 0.1) is 6.26 Å². The highest BCUT2D eigenvalue weighted by atomic mass is 32.2. The van der Waals surface area contributed by atoms with E-state index >= 15 is 0 Å². The Morgan fingerprint density at radius 2 is 1.70 bits per heavy atom. The summed E-state index contributed by atoms with van der Waals surface area (Å²) in [6.45, 7) is 1.09. The number of furan rings is 1. The van der Waals surface area contributed by atoms with Gasteiger partial charge in [-0.2, -0.15) is 0 Å². The smallest absolute Gasteiger partial charge is 0.211 e. The molecule has 3 aromatic rings. The zero-order valence-corrected chi connectivity index (χ0v) is 18.0. The number of hydrogen-bond donors (Lipinski definition) is 0. The molecule has 0 bridgehead atoms. The van der Waals surface area contributed by atoms with E-state index in [2.05, 4.69) is 29.2 Å². The Morgan fingerprint density at radius 1 is 0.967 bits per heavy atom. The van der Waals surface area contributed by atoms with Gasteiger partial charge in [0.1, 0.15) is 11.5 Å². The molecule has 0 atom stereocenters. The van der Waals surface area contributed by atoms with Gasteiger partial charge in [-0.05, 0) is 67.0 Å². The summed E-state index contributed by atoms with van der Waals surface area (Å²) in [5.41, 5.74) is 6.21. The van der Waals surface area contributed by atoms with Crippen molar-refractivity contribution in [1.29, 1.82) is 0 Å². The number of fused-ring (bicyclic) bond motifs is 1. The first-order valence-corrected chi connectivity index (χ1v) is 12.5. The molecule has 1 aliphatic heterocycles. The summed E-state index contributed by atoms with van der Waals surface area (Å²) >= 11 is 0. The van der Waals surface area contributed by atoms with Crippen LogP contribution < -0.4 is 0 Å². The van der Waals surface area contributed by atoms with Crippen molar-refractivity contribution in [3.05, 3.63) is 65.7 Å². The van der Waals surface area contributed by atoms with E-state index in [0.29, 0.717) is 13.1 Å². The van der Waals surface area contributed by atoms with Crippen LogP contribution in [0.4, 0.5) is 0 Å². The van der Waals surface area contributed by atoms with Gasteiger partial charge < -0.3 is 4.42 Å². The molecule has 0 unspecified atom stereocenters. The molecule has 3 heterocycles. The lowest BCUT2D eigenvalue weighted by Gasteiger charge is -2.29. The maximum absolute atomic E-state index is 11.8. The summed E-state index contributed by atoms with van der Waals surface area (Å²) in [7, 11) is -3.13. The normalized spacial score (nSPS) is 17.9. The zero-order chi connectivity index (χ0) is 20.7. The fourth-order valence-corrected chi connectivity index (χ4v) is 5.63. The van der Waals surface area contributed by atoms with Crippen molar-refractivity contribution < 1.29 is 12.8 Å². The lowest BCUT2D eigenvalue weighted by atomic mass is 9.93. The Balaban J connectivity index is 1.52. The summed E-state index contributed by atoms with van der Waals surface area (Å²) in [4.78, 5) is 4.14. The minimum Gasteiger partial charge on any atom is -0.460 e. The van der Waals surface area contributed by atoms with Crippen molar-refractivity contribution in [3.8, 4) is 22.5 Å². The van der Waals surface area contributed by atoms with E-state index in [9.17, 15) is 8.42 Å². The number of sulfonamides is 1. The molecular formula is C24H26N2O3S. The minimum atomic E-state index is -3.13. The molecule has 1 aliphatic carbocycles. The standard InChI is InChI=1S/C24H26N2O3S/c1-30(27,28)26-13-9-18(10-14-26)23-16-22(24(29-23)19-7-11-25-12-8-19)21-6-5-17-3-2-4-20(17)15-21/h5-8,11-12,15-16,18H,2-4,9-10,13-14H2,1H3. The van der Waals surface area contributed by atoms with Gasteiger partial charge in [-0.25, -0.2) is 12.7 Å². The molecule has 0 N–H and O–H groups in total. The molecule has 156 valence electrons. The Kier molecular flexibility index (Phi) is 4.99. The third-order valence-electron chi connectivity index (χ3n) is 6.43. The van der Waals surface area contributed by atoms with E-state index < -0.39 is 10.0 Å². The van der Waals surface area contributed by atoms with Crippen molar-refractivity contribution in [2.75, 3.05) is 19.3 Å². The van der Waals surface area contributed by atoms with Gasteiger partial charge in [0.15, 0.2) is 0 Å². The first-order chi connectivity index (χ1) is 14.5. The van der Waals surface area contributed by atoms with Gasteiger partial charge in [-0.15, -0.1) is 0 Å². The third-order valence-corrected chi connectivity index (χ3v) is 7.73. The first kappa shape index (κ1) is 19.5. The van der Waals surface area contributed by atoms with Crippen LogP contribution in [0.5, 0.6) is 0 Å². The number of hydrogen-bond acceptors (Lipinski definition) is 4. The molecule has 1 aromatic carbocycles. The maximum atomic E-state index is 11.8. The van der Waals surface area contributed by atoms with Crippen LogP contribution in [-0.4, -0.2) is 37.1 Å². The van der Waals surface area contributed by atoms with E-state index in [-0.39, 0.29) is 5.92 Å². The summed E-state index contributed by atoms with van der Waals surface area (Å²) in [5, 5.41) is 0. The second-order valence-electron chi connectivity index (χ2n) is 8.40. The van der Waals surface area contributed by atoms with E-state index in [0.717, 1.165) is 41.9 Å². The van der Waals surface area contributed by atoms with Crippen molar-refractivity contribution in [2.24, 2.45) is 0 Å². The lowest BCUT2D eigenvalue weighted by Crippen LogP contribution is -2.37. The Hall–Kier alpha value is -2.44. The Labute approximate surface area is 177 Å². The molecule has 1 saturated heterocycles. The quantitative estimate of drug-likeness (QED) is 0.615. The van der Waals surface area contributed by atoms with Gasteiger partial charge in [0.25, 0.3) is 0 Å². The molecule has 5 nitrogen and oxygen atoms in total. The average Bonchev–Trinajstić information content (AvgIpc) is 3.40. The van der Waals surface area contributed by atoms with Crippen LogP contribution in [0.1, 0.15) is 42.1 Å². The van der Waals surface area contributed by atoms with Crippen LogP contribution in [0.15, 0.2) is 53.2 Å². The van der Waals surface area contributed by atoms with E-state index in [4.69, 9.17) is 4.42 Å². The van der Waals surface area contributed by atoms with Gasteiger partial charge in [0.2, 0.25) is 10.0 Å². The fourth-order valence-electron chi connectivity index (χ4n) is 4.75. The van der Waals surface area contributed by atoms with Crippen LogP contribution >= 0.6 is 0 Å². The van der Waals surface area contributed by atoms with Crippen LogP contribution in [0, 0.1) is 0 Å². The second kappa shape index (κ2) is 7.67. The van der Waals surface area contributed by atoms with Gasteiger partial charge in [-0.3, -0.25) is 4.98 Å². The fraction of sp³-hybridized carbons (Fsp3) is 0.375. The van der Waals surface area contributed by atoms with Crippen molar-refractivity contribution in [3.63, 3.8) is 0 Å². The van der Waals surface area contributed by atoms with Crippen molar-refractivity contribution in [2.45, 2.75) is 38.0 Å². The molecule has 2 aromatic heterocycles. The number of aromatic nitrogens is 1. The topological polar surface area (TPSA) is 63.4 Å². The molecule has 0 saturated carbocycles. The minimum absolute atomic E-state index is 0.228. The third kappa shape index (κ3) is 3.70. The van der Waals surface area contributed by atoms with Crippen LogP contribution in [-0.2, 0) is 22.9 Å². The average molecular weight is 423 g/mol. The SMILES string of the molecule is CS(=O)(=O)N1CCC(c2cc(-c3ccc4c(c3)CCC4)c(-c3ccncc3)o2)CC1. The second-order valence-corrected chi connectivity index (χ2v) is 10.4. The monoisotopic (exact) mass is 422 g/mol. The molecule has 6 heteroatoms. The zero-order valence-electron chi connectivity index (χ0n) is 17.2. The molecular weight excluding hydrogens is 396 g/mol. The highest BCUT2D eigenvalue weighted by Gasteiger charge is 2.29. The number of nitrogens with zero attached hydrogens (tertiary/aromatic N) is 2. The molecule has 0 radical (unpaired) electrons. The van der Waals surface area contributed by atoms with Gasteiger partial charge in [-0.1, -0.05) is 18.2 Å². The summed E-state index contributed by atoms with van der Waals surface area (Å²) in [5.74, 6) is 2.05. The largest absolute Gasteiger partial charge is 0.460 e.